The predicted octanol–water partition coefficient (Wildman–Crippen LogP) is 4.82. The molecule has 0 aliphatic rings. The number of nitrogens with one attached hydrogen (secondary N) is 1. The number of benzene rings is 2. The van der Waals surface area contributed by atoms with Crippen LogP contribution < -0.4 is 5.32 Å². The first-order valence-corrected chi connectivity index (χ1v) is 10.9. The summed E-state index contributed by atoms with van der Waals surface area (Å²) in [6.45, 7) is 2.35. The number of fused-ring (bicyclic) bond motifs is 1. The third-order valence-electron chi connectivity index (χ3n) is 4.63. The van der Waals surface area contributed by atoms with Crippen molar-refractivity contribution in [2.45, 2.75) is 18.2 Å². The molecule has 0 bridgehead atoms. The van der Waals surface area contributed by atoms with Crippen molar-refractivity contribution in [1.29, 1.82) is 0 Å². The summed E-state index contributed by atoms with van der Waals surface area (Å²) < 4.78 is 3.92. The summed E-state index contributed by atoms with van der Waals surface area (Å²) in [5.74, 6) is 0.896. The van der Waals surface area contributed by atoms with Crippen molar-refractivity contribution in [2.75, 3.05) is 12.3 Å². The van der Waals surface area contributed by atoms with Gasteiger partial charge >= 0.3 is 0 Å². The Labute approximate surface area is 195 Å². The topological polar surface area (TPSA) is 60.6 Å². The second-order valence-electron chi connectivity index (χ2n) is 6.65. The average molecular weight is 484 g/mol. The molecule has 4 aromatic rings. The number of aryl methyl sites for hydroxylation is 1. The quantitative estimate of drug-likeness (QED) is 0.287. The van der Waals surface area contributed by atoms with Crippen LogP contribution in [0.2, 0.25) is 10.0 Å². The number of nitrogens with zero attached hydrogens (tertiary/aromatic N) is 5. The number of halogens is 3. The van der Waals surface area contributed by atoms with Crippen molar-refractivity contribution in [3.8, 4) is 0 Å². The Balaban J connectivity index is 0.00000256. The van der Waals surface area contributed by atoms with Crippen LogP contribution in [-0.2, 0) is 20.1 Å². The van der Waals surface area contributed by atoms with Gasteiger partial charge in [0.2, 0.25) is 5.16 Å². The van der Waals surface area contributed by atoms with E-state index >= 15 is 0 Å². The number of tetrazole rings is 1. The molecule has 2 aromatic heterocycles. The lowest BCUT2D eigenvalue weighted by atomic mass is 10.2. The number of para-hydroxylation sites is 1. The molecule has 2 aromatic carbocycles. The fourth-order valence-corrected chi connectivity index (χ4v) is 4.42. The zero-order chi connectivity index (χ0) is 20.2. The minimum Gasteiger partial charge on any atom is -0.343 e. The molecule has 10 heteroatoms. The Morgan fingerprint density at radius 2 is 1.93 bits per heavy atom. The first kappa shape index (κ1) is 22.9. The summed E-state index contributed by atoms with van der Waals surface area (Å²) in [5.41, 5.74) is 3.50. The van der Waals surface area contributed by atoms with E-state index < -0.39 is 0 Å². The lowest BCUT2D eigenvalue weighted by Gasteiger charge is -2.08. The van der Waals surface area contributed by atoms with Gasteiger partial charge in [0, 0.05) is 59.6 Å². The van der Waals surface area contributed by atoms with Crippen LogP contribution >= 0.6 is 47.4 Å². The van der Waals surface area contributed by atoms with E-state index in [1.165, 1.54) is 16.5 Å². The van der Waals surface area contributed by atoms with Crippen molar-refractivity contribution in [2.24, 2.45) is 7.05 Å². The lowest BCUT2D eigenvalue weighted by molar-refractivity contribution is 0.663. The van der Waals surface area contributed by atoms with Crippen LogP contribution in [0.15, 0.2) is 53.8 Å². The highest BCUT2D eigenvalue weighted by molar-refractivity contribution is 7.99. The molecule has 0 saturated heterocycles. The largest absolute Gasteiger partial charge is 0.343 e. The van der Waals surface area contributed by atoms with E-state index in [1.54, 1.807) is 22.5 Å². The Bertz CT molecular complexity index is 1130. The molecule has 0 fully saturated rings. The molecule has 158 valence electrons. The molecule has 0 atom stereocenters. The number of thioether (sulfide) groups is 1. The first-order chi connectivity index (χ1) is 14.1. The van der Waals surface area contributed by atoms with Gasteiger partial charge in [0.25, 0.3) is 0 Å². The number of aromatic nitrogens is 5. The van der Waals surface area contributed by atoms with Crippen molar-refractivity contribution < 1.29 is 0 Å². The summed E-state index contributed by atoms with van der Waals surface area (Å²) in [6.07, 6.45) is 2.20. The van der Waals surface area contributed by atoms with Crippen LogP contribution in [-0.4, -0.2) is 37.1 Å². The molecule has 0 radical (unpaired) electrons. The summed E-state index contributed by atoms with van der Waals surface area (Å²) in [5, 5.41) is 18.4. The van der Waals surface area contributed by atoms with E-state index in [4.69, 9.17) is 23.2 Å². The van der Waals surface area contributed by atoms with Crippen molar-refractivity contribution in [1.82, 2.24) is 30.1 Å². The fraction of sp³-hybridized carbons (Fsp3) is 0.250. The smallest absolute Gasteiger partial charge is 0.209 e. The second kappa shape index (κ2) is 10.5. The molecule has 0 spiro atoms. The minimum absolute atomic E-state index is 0. The Hall–Kier alpha value is -1.77. The van der Waals surface area contributed by atoms with Gasteiger partial charge in [0.15, 0.2) is 0 Å². The van der Waals surface area contributed by atoms with E-state index in [1.807, 2.05) is 19.2 Å². The molecule has 0 saturated carbocycles. The molecule has 6 nitrogen and oxygen atoms in total. The molecule has 0 unspecified atom stereocenters. The Morgan fingerprint density at radius 1 is 1.10 bits per heavy atom. The standard InChI is InChI=1S/C20H20Cl2N6S.ClH/c1-27-20(24-25-26-27)29-9-8-23-11-15-13-28(19-5-3-2-4-17(15)19)12-14-6-7-16(21)10-18(14)22;/h2-7,10,13,23H,8-9,11-12H2,1H3;1H. The van der Waals surface area contributed by atoms with E-state index in [9.17, 15) is 0 Å². The van der Waals surface area contributed by atoms with Crippen molar-refractivity contribution >= 4 is 58.3 Å². The summed E-state index contributed by atoms with van der Waals surface area (Å²) in [4.78, 5) is 0. The Kier molecular flexibility index (Phi) is 8.02. The van der Waals surface area contributed by atoms with Crippen LogP contribution in [0.5, 0.6) is 0 Å². The molecule has 0 aliphatic carbocycles. The lowest BCUT2D eigenvalue weighted by Crippen LogP contribution is -2.16. The number of hydrogen-bond donors (Lipinski definition) is 1. The fourth-order valence-electron chi connectivity index (χ4n) is 3.21. The zero-order valence-electron chi connectivity index (χ0n) is 16.3. The van der Waals surface area contributed by atoms with Gasteiger partial charge in [-0.05, 0) is 39.8 Å². The predicted molar refractivity (Wildman–Crippen MR) is 126 cm³/mol. The van der Waals surface area contributed by atoms with E-state index in [-0.39, 0.29) is 12.4 Å². The molecule has 0 aliphatic heterocycles. The summed E-state index contributed by atoms with van der Waals surface area (Å²) >= 11 is 14.0. The molecule has 1 N–H and O–H groups in total. The molecular weight excluding hydrogens is 463 g/mol. The normalized spacial score (nSPS) is 11.0. The number of hydrogen-bond acceptors (Lipinski definition) is 5. The Morgan fingerprint density at radius 3 is 2.70 bits per heavy atom. The maximum atomic E-state index is 6.38. The number of rotatable bonds is 8. The van der Waals surface area contributed by atoms with E-state index in [0.717, 1.165) is 29.6 Å². The highest BCUT2D eigenvalue weighted by Gasteiger charge is 2.10. The van der Waals surface area contributed by atoms with Gasteiger partial charge in [0.05, 0.1) is 0 Å². The van der Waals surface area contributed by atoms with Gasteiger partial charge in [0.1, 0.15) is 0 Å². The molecule has 2 heterocycles. The minimum atomic E-state index is 0. The highest BCUT2D eigenvalue weighted by Crippen LogP contribution is 2.26. The molecule has 4 rings (SSSR count). The van der Waals surface area contributed by atoms with Gasteiger partial charge in [-0.1, -0.05) is 59.2 Å². The van der Waals surface area contributed by atoms with E-state index in [0.29, 0.717) is 16.6 Å². The van der Waals surface area contributed by atoms with Crippen LogP contribution in [0, 0.1) is 0 Å². The van der Waals surface area contributed by atoms with Gasteiger partial charge in [-0.25, -0.2) is 4.68 Å². The first-order valence-electron chi connectivity index (χ1n) is 9.18. The van der Waals surface area contributed by atoms with Gasteiger partial charge in [-0.2, -0.15) is 0 Å². The van der Waals surface area contributed by atoms with Gasteiger partial charge in [-0.3, -0.25) is 0 Å². The summed E-state index contributed by atoms with van der Waals surface area (Å²) in [6, 6.07) is 14.1. The van der Waals surface area contributed by atoms with Crippen LogP contribution in [0.3, 0.4) is 0 Å². The third kappa shape index (κ3) is 5.28. The van der Waals surface area contributed by atoms with Crippen LogP contribution in [0.4, 0.5) is 0 Å². The maximum Gasteiger partial charge on any atom is 0.209 e. The second-order valence-corrected chi connectivity index (χ2v) is 8.55. The SMILES string of the molecule is Cl.Cn1nnnc1SCCNCc1cn(Cc2ccc(Cl)cc2Cl)c2ccccc12. The third-order valence-corrected chi connectivity index (χ3v) is 6.23. The van der Waals surface area contributed by atoms with Crippen molar-refractivity contribution in [3.63, 3.8) is 0 Å². The van der Waals surface area contributed by atoms with E-state index in [2.05, 4.69) is 55.9 Å². The van der Waals surface area contributed by atoms with Gasteiger partial charge in [-0.15, -0.1) is 17.5 Å². The van der Waals surface area contributed by atoms with Crippen LogP contribution in [0.25, 0.3) is 10.9 Å². The zero-order valence-corrected chi connectivity index (χ0v) is 19.4. The average Bonchev–Trinajstić information content (AvgIpc) is 3.28. The monoisotopic (exact) mass is 482 g/mol. The van der Waals surface area contributed by atoms with Crippen LogP contribution in [0.1, 0.15) is 11.1 Å². The maximum absolute atomic E-state index is 6.38. The highest BCUT2D eigenvalue weighted by atomic mass is 35.5. The van der Waals surface area contributed by atoms with Crippen molar-refractivity contribution in [3.05, 3.63) is 69.8 Å². The van der Waals surface area contributed by atoms with Gasteiger partial charge < -0.3 is 9.88 Å². The molecular formula is C20H21Cl3N6S. The summed E-state index contributed by atoms with van der Waals surface area (Å²) in [7, 11) is 1.84. The molecule has 30 heavy (non-hydrogen) atoms. The molecule has 0 amide bonds.